The Balaban J connectivity index is 2.76. The van der Waals surface area contributed by atoms with Gasteiger partial charge in [0.1, 0.15) is 0 Å². The SMILES string of the molecule is C=C(C(=O)OC)C1(CCCC)CCCCC1. The molecule has 0 aromatic rings. The molecule has 0 aliphatic heterocycles. The maximum atomic E-state index is 11.7. The van der Waals surface area contributed by atoms with Gasteiger partial charge in [-0.05, 0) is 19.3 Å². The van der Waals surface area contributed by atoms with Crippen molar-refractivity contribution in [3.63, 3.8) is 0 Å². The van der Waals surface area contributed by atoms with Gasteiger partial charge in [-0.3, -0.25) is 0 Å². The van der Waals surface area contributed by atoms with Crippen molar-refractivity contribution in [3.05, 3.63) is 12.2 Å². The van der Waals surface area contributed by atoms with E-state index in [0.717, 1.165) is 19.3 Å². The predicted octanol–water partition coefficient (Wildman–Crippen LogP) is 3.86. The fraction of sp³-hybridized carbons (Fsp3) is 0.786. The van der Waals surface area contributed by atoms with Gasteiger partial charge in [0.25, 0.3) is 0 Å². The van der Waals surface area contributed by atoms with Gasteiger partial charge in [0.05, 0.1) is 7.11 Å². The number of rotatable bonds is 5. The lowest BCUT2D eigenvalue weighted by Crippen LogP contribution is -2.30. The first-order chi connectivity index (χ1) is 7.66. The molecule has 1 saturated carbocycles. The van der Waals surface area contributed by atoms with E-state index in [1.165, 1.54) is 39.2 Å². The average molecular weight is 224 g/mol. The van der Waals surface area contributed by atoms with Gasteiger partial charge in [0.15, 0.2) is 0 Å². The summed E-state index contributed by atoms with van der Waals surface area (Å²) >= 11 is 0. The predicted molar refractivity (Wildman–Crippen MR) is 66.2 cm³/mol. The van der Waals surface area contributed by atoms with Gasteiger partial charge in [-0.1, -0.05) is 45.6 Å². The van der Waals surface area contributed by atoms with Crippen molar-refractivity contribution >= 4 is 5.97 Å². The van der Waals surface area contributed by atoms with Crippen LogP contribution in [0.4, 0.5) is 0 Å². The van der Waals surface area contributed by atoms with Gasteiger partial charge in [0.2, 0.25) is 0 Å². The number of hydrogen-bond acceptors (Lipinski definition) is 2. The minimum absolute atomic E-state index is 0.0430. The first-order valence-corrected chi connectivity index (χ1v) is 6.44. The molecule has 0 aromatic heterocycles. The van der Waals surface area contributed by atoms with E-state index in [2.05, 4.69) is 13.5 Å². The Morgan fingerprint density at radius 1 is 1.31 bits per heavy atom. The molecule has 92 valence electrons. The van der Waals surface area contributed by atoms with E-state index < -0.39 is 0 Å². The van der Waals surface area contributed by atoms with Crippen LogP contribution in [0.25, 0.3) is 0 Å². The average Bonchev–Trinajstić information content (AvgIpc) is 2.35. The van der Waals surface area contributed by atoms with Gasteiger partial charge in [0, 0.05) is 11.0 Å². The smallest absolute Gasteiger partial charge is 0.333 e. The third kappa shape index (κ3) is 2.87. The highest BCUT2D eigenvalue weighted by Crippen LogP contribution is 2.46. The zero-order valence-corrected chi connectivity index (χ0v) is 10.7. The van der Waals surface area contributed by atoms with Crippen molar-refractivity contribution in [1.82, 2.24) is 0 Å². The van der Waals surface area contributed by atoms with E-state index in [-0.39, 0.29) is 11.4 Å². The van der Waals surface area contributed by atoms with Crippen LogP contribution < -0.4 is 0 Å². The van der Waals surface area contributed by atoms with Crippen LogP contribution in [0.5, 0.6) is 0 Å². The first-order valence-electron chi connectivity index (χ1n) is 6.44. The first kappa shape index (κ1) is 13.3. The number of carbonyl (C=O) groups is 1. The Hall–Kier alpha value is -0.790. The third-order valence-electron chi connectivity index (χ3n) is 3.89. The summed E-state index contributed by atoms with van der Waals surface area (Å²) in [6, 6.07) is 0. The van der Waals surface area contributed by atoms with Crippen molar-refractivity contribution in [1.29, 1.82) is 0 Å². The second-order valence-electron chi connectivity index (χ2n) is 4.91. The van der Waals surface area contributed by atoms with Crippen LogP contribution in [0.2, 0.25) is 0 Å². The summed E-state index contributed by atoms with van der Waals surface area (Å²) in [5, 5.41) is 0. The highest BCUT2D eigenvalue weighted by atomic mass is 16.5. The van der Waals surface area contributed by atoms with Crippen LogP contribution in [-0.2, 0) is 9.53 Å². The molecule has 0 amide bonds. The summed E-state index contributed by atoms with van der Waals surface area (Å²) in [6.45, 7) is 6.19. The Bertz CT molecular complexity index is 249. The Morgan fingerprint density at radius 3 is 2.44 bits per heavy atom. The molecule has 1 rings (SSSR count). The molecule has 0 saturated heterocycles. The molecule has 1 fully saturated rings. The molecular weight excluding hydrogens is 200 g/mol. The van der Waals surface area contributed by atoms with E-state index >= 15 is 0 Å². The van der Waals surface area contributed by atoms with Crippen LogP contribution in [0.3, 0.4) is 0 Å². The van der Waals surface area contributed by atoms with Gasteiger partial charge < -0.3 is 4.74 Å². The molecule has 1 aliphatic rings. The Morgan fingerprint density at radius 2 is 1.94 bits per heavy atom. The van der Waals surface area contributed by atoms with Gasteiger partial charge in [-0.25, -0.2) is 4.79 Å². The van der Waals surface area contributed by atoms with Crippen molar-refractivity contribution in [2.24, 2.45) is 5.41 Å². The lowest BCUT2D eigenvalue weighted by molar-refractivity contribution is -0.137. The fourth-order valence-corrected chi connectivity index (χ4v) is 2.79. The van der Waals surface area contributed by atoms with Gasteiger partial charge in [-0.2, -0.15) is 0 Å². The molecule has 0 unspecified atom stereocenters. The van der Waals surface area contributed by atoms with Crippen molar-refractivity contribution in [2.75, 3.05) is 7.11 Å². The summed E-state index contributed by atoms with van der Waals surface area (Å²) in [4.78, 5) is 11.7. The zero-order valence-electron chi connectivity index (χ0n) is 10.7. The quantitative estimate of drug-likeness (QED) is 0.523. The lowest BCUT2D eigenvalue weighted by Gasteiger charge is -2.38. The molecule has 0 heterocycles. The van der Waals surface area contributed by atoms with E-state index in [9.17, 15) is 4.79 Å². The molecule has 0 spiro atoms. The molecule has 2 heteroatoms. The van der Waals surface area contributed by atoms with Crippen LogP contribution >= 0.6 is 0 Å². The van der Waals surface area contributed by atoms with Crippen LogP contribution in [0, 0.1) is 5.41 Å². The van der Waals surface area contributed by atoms with Crippen molar-refractivity contribution in [2.45, 2.75) is 58.3 Å². The number of methoxy groups -OCH3 is 1. The van der Waals surface area contributed by atoms with E-state index in [1.54, 1.807) is 0 Å². The highest BCUT2D eigenvalue weighted by Gasteiger charge is 2.37. The second-order valence-corrected chi connectivity index (χ2v) is 4.91. The topological polar surface area (TPSA) is 26.3 Å². The third-order valence-corrected chi connectivity index (χ3v) is 3.89. The van der Waals surface area contributed by atoms with Crippen LogP contribution in [0.1, 0.15) is 58.3 Å². The lowest BCUT2D eigenvalue weighted by atomic mass is 9.66. The standard InChI is InChI=1S/C14H24O2/c1-4-5-9-14(10-7-6-8-11-14)12(2)13(15)16-3/h2,4-11H2,1,3H3. The highest BCUT2D eigenvalue weighted by molar-refractivity contribution is 5.89. The normalized spacial score (nSPS) is 19.1. The molecule has 0 atom stereocenters. The van der Waals surface area contributed by atoms with Gasteiger partial charge in [-0.15, -0.1) is 0 Å². The second kappa shape index (κ2) is 6.07. The molecule has 1 aliphatic carbocycles. The molecule has 2 nitrogen and oxygen atoms in total. The van der Waals surface area contributed by atoms with Gasteiger partial charge >= 0.3 is 5.97 Å². The van der Waals surface area contributed by atoms with Crippen molar-refractivity contribution < 1.29 is 9.53 Å². The van der Waals surface area contributed by atoms with Crippen LogP contribution in [-0.4, -0.2) is 13.1 Å². The number of hydrogen-bond donors (Lipinski definition) is 0. The largest absolute Gasteiger partial charge is 0.466 e. The number of carbonyl (C=O) groups excluding carboxylic acids is 1. The molecule has 0 aromatic carbocycles. The molecule has 16 heavy (non-hydrogen) atoms. The molecule has 0 bridgehead atoms. The summed E-state index contributed by atoms with van der Waals surface area (Å²) in [5.74, 6) is -0.210. The molecule has 0 radical (unpaired) electrons. The van der Waals surface area contributed by atoms with Crippen LogP contribution in [0.15, 0.2) is 12.2 Å². The van der Waals surface area contributed by atoms with E-state index in [0.29, 0.717) is 5.57 Å². The minimum atomic E-state index is -0.210. The summed E-state index contributed by atoms with van der Waals surface area (Å²) in [7, 11) is 1.45. The molecular formula is C14H24O2. The van der Waals surface area contributed by atoms with Crippen molar-refractivity contribution in [3.8, 4) is 0 Å². The zero-order chi connectivity index (χ0) is 12.0. The number of unbranched alkanes of at least 4 members (excludes halogenated alkanes) is 1. The Kier molecular flexibility index (Phi) is 5.04. The Labute approximate surface area is 99.1 Å². The minimum Gasteiger partial charge on any atom is -0.466 e. The maximum absolute atomic E-state index is 11.7. The summed E-state index contributed by atoms with van der Waals surface area (Å²) in [6.07, 6.45) is 9.41. The number of esters is 1. The maximum Gasteiger partial charge on any atom is 0.333 e. The van der Waals surface area contributed by atoms with E-state index in [4.69, 9.17) is 4.74 Å². The monoisotopic (exact) mass is 224 g/mol. The van der Waals surface area contributed by atoms with E-state index in [1.807, 2.05) is 0 Å². The summed E-state index contributed by atoms with van der Waals surface area (Å²) < 4.78 is 4.83. The fourth-order valence-electron chi connectivity index (χ4n) is 2.79. The summed E-state index contributed by atoms with van der Waals surface area (Å²) in [5.41, 5.74) is 0.754. The number of ether oxygens (including phenoxy) is 1. The molecule has 0 N–H and O–H groups in total.